The zero-order valence-electron chi connectivity index (χ0n) is 15.6. The Hall–Kier alpha value is -2.31. The standard InChI is InChI=1S/C17H29N7/c1-7-18-17(19-8-14-9-20-23(5)10-14)22(4)11-15-12-24(6)21-16(15)13(2)3/h9-10,12-13H,7-8,11H2,1-6H3,(H,18,19). The molecule has 7 nitrogen and oxygen atoms in total. The maximum absolute atomic E-state index is 4.73. The summed E-state index contributed by atoms with van der Waals surface area (Å²) in [6, 6.07) is 0. The van der Waals surface area contributed by atoms with Crippen molar-refractivity contribution in [3.63, 3.8) is 0 Å². The fourth-order valence-electron chi connectivity index (χ4n) is 2.68. The molecule has 0 aliphatic carbocycles. The minimum atomic E-state index is 0.407. The van der Waals surface area contributed by atoms with Crippen LogP contribution in [0.2, 0.25) is 0 Å². The summed E-state index contributed by atoms with van der Waals surface area (Å²) in [4.78, 5) is 6.87. The molecule has 0 aliphatic rings. The number of aromatic nitrogens is 4. The van der Waals surface area contributed by atoms with Gasteiger partial charge in [0, 0.05) is 57.8 Å². The van der Waals surface area contributed by atoms with Gasteiger partial charge >= 0.3 is 0 Å². The molecule has 0 aliphatic heterocycles. The summed E-state index contributed by atoms with van der Waals surface area (Å²) >= 11 is 0. The number of hydrogen-bond donors (Lipinski definition) is 1. The molecule has 2 heterocycles. The van der Waals surface area contributed by atoms with Crippen molar-refractivity contribution in [3.05, 3.63) is 35.4 Å². The van der Waals surface area contributed by atoms with Crippen LogP contribution in [0.3, 0.4) is 0 Å². The molecule has 0 amide bonds. The molecule has 2 aromatic rings. The summed E-state index contributed by atoms with van der Waals surface area (Å²) in [6.45, 7) is 8.66. The van der Waals surface area contributed by atoms with Crippen LogP contribution in [0.25, 0.3) is 0 Å². The van der Waals surface area contributed by atoms with E-state index in [-0.39, 0.29) is 0 Å². The van der Waals surface area contributed by atoms with Crippen LogP contribution in [0.4, 0.5) is 0 Å². The van der Waals surface area contributed by atoms with E-state index < -0.39 is 0 Å². The van der Waals surface area contributed by atoms with E-state index in [2.05, 4.69) is 54.4 Å². The van der Waals surface area contributed by atoms with E-state index in [1.807, 2.05) is 31.2 Å². The third kappa shape index (κ3) is 4.59. The minimum Gasteiger partial charge on any atom is -0.357 e. The van der Waals surface area contributed by atoms with Gasteiger partial charge in [-0.1, -0.05) is 13.8 Å². The summed E-state index contributed by atoms with van der Waals surface area (Å²) in [5, 5.41) is 12.1. The molecule has 0 bridgehead atoms. The van der Waals surface area contributed by atoms with Gasteiger partial charge < -0.3 is 10.2 Å². The summed E-state index contributed by atoms with van der Waals surface area (Å²) in [7, 11) is 5.94. The highest BCUT2D eigenvalue weighted by molar-refractivity contribution is 5.79. The van der Waals surface area contributed by atoms with Crippen molar-refractivity contribution in [2.75, 3.05) is 13.6 Å². The van der Waals surface area contributed by atoms with Gasteiger partial charge in [-0.05, 0) is 12.8 Å². The zero-order valence-corrected chi connectivity index (χ0v) is 15.6. The molecule has 2 rings (SSSR count). The molecule has 0 atom stereocenters. The van der Waals surface area contributed by atoms with E-state index in [4.69, 9.17) is 4.99 Å². The van der Waals surface area contributed by atoms with Gasteiger partial charge in [-0.25, -0.2) is 4.99 Å². The molecular weight excluding hydrogens is 302 g/mol. The van der Waals surface area contributed by atoms with E-state index in [0.29, 0.717) is 12.5 Å². The Kier molecular flexibility index (Phi) is 6.00. The van der Waals surface area contributed by atoms with Crippen molar-refractivity contribution in [2.45, 2.75) is 39.8 Å². The Morgan fingerprint density at radius 1 is 1.29 bits per heavy atom. The first-order valence-corrected chi connectivity index (χ1v) is 8.40. The molecule has 0 aromatic carbocycles. The van der Waals surface area contributed by atoms with Gasteiger partial charge in [-0.15, -0.1) is 0 Å². The number of nitrogens with zero attached hydrogens (tertiary/aromatic N) is 6. The van der Waals surface area contributed by atoms with E-state index in [0.717, 1.165) is 30.3 Å². The highest BCUT2D eigenvalue weighted by atomic mass is 15.3. The molecule has 1 N–H and O–H groups in total. The number of aliphatic imine (C=N–C) groups is 1. The first kappa shape index (κ1) is 18.0. The van der Waals surface area contributed by atoms with E-state index in [1.54, 1.807) is 4.68 Å². The predicted octanol–water partition coefficient (Wildman–Crippen LogP) is 1.87. The van der Waals surface area contributed by atoms with E-state index in [1.165, 1.54) is 5.56 Å². The Morgan fingerprint density at radius 3 is 2.62 bits per heavy atom. The monoisotopic (exact) mass is 331 g/mol. The molecular formula is C17H29N7. The lowest BCUT2D eigenvalue weighted by atomic mass is 10.1. The number of nitrogens with one attached hydrogen (secondary N) is 1. The number of guanidine groups is 1. The maximum Gasteiger partial charge on any atom is 0.194 e. The van der Waals surface area contributed by atoms with Crippen LogP contribution >= 0.6 is 0 Å². The quantitative estimate of drug-likeness (QED) is 0.648. The second-order valence-electron chi connectivity index (χ2n) is 6.42. The molecule has 0 saturated carbocycles. The summed E-state index contributed by atoms with van der Waals surface area (Å²) in [6.07, 6.45) is 5.94. The second kappa shape index (κ2) is 7.99. The highest BCUT2D eigenvalue weighted by Gasteiger charge is 2.15. The number of hydrogen-bond acceptors (Lipinski definition) is 3. The zero-order chi connectivity index (χ0) is 17.7. The average molecular weight is 331 g/mol. The van der Waals surface area contributed by atoms with Gasteiger partial charge in [0.25, 0.3) is 0 Å². The Labute approximate surface area is 144 Å². The topological polar surface area (TPSA) is 63.3 Å². The molecule has 0 spiro atoms. The third-order valence-corrected chi connectivity index (χ3v) is 3.76. The van der Waals surface area contributed by atoms with Crippen LogP contribution in [0.1, 0.15) is 43.5 Å². The minimum absolute atomic E-state index is 0.407. The van der Waals surface area contributed by atoms with Crippen LogP contribution in [0, 0.1) is 0 Å². The summed E-state index contributed by atoms with van der Waals surface area (Å²) < 4.78 is 3.68. The second-order valence-corrected chi connectivity index (χ2v) is 6.42. The molecule has 0 saturated heterocycles. The van der Waals surface area contributed by atoms with Crippen LogP contribution < -0.4 is 5.32 Å². The normalized spacial score (nSPS) is 12.0. The number of aryl methyl sites for hydroxylation is 2. The molecule has 0 radical (unpaired) electrons. The van der Waals surface area contributed by atoms with Gasteiger partial charge in [0.05, 0.1) is 18.4 Å². The van der Waals surface area contributed by atoms with Crippen molar-refractivity contribution in [1.82, 2.24) is 29.8 Å². The summed E-state index contributed by atoms with van der Waals surface area (Å²) in [5.41, 5.74) is 3.49. The van der Waals surface area contributed by atoms with Gasteiger partial charge in [-0.2, -0.15) is 10.2 Å². The van der Waals surface area contributed by atoms with Crippen LogP contribution in [0.5, 0.6) is 0 Å². The first-order valence-electron chi connectivity index (χ1n) is 8.40. The third-order valence-electron chi connectivity index (χ3n) is 3.76. The molecule has 0 unspecified atom stereocenters. The van der Waals surface area contributed by atoms with Crippen molar-refractivity contribution >= 4 is 5.96 Å². The molecule has 7 heteroatoms. The maximum atomic E-state index is 4.73. The lowest BCUT2D eigenvalue weighted by Crippen LogP contribution is -2.38. The van der Waals surface area contributed by atoms with Gasteiger partial charge in [-0.3, -0.25) is 9.36 Å². The van der Waals surface area contributed by atoms with Gasteiger partial charge in [0.15, 0.2) is 5.96 Å². The predicted molar refractivity (Wildman–Crippen MR) is 96.8 cm³/mol. The Morgan fingerprint density at radius 2 is 2.04 bits per heavy atom. The highest BCUT2D eigenvalue weighted by Crippen LogP contribution is 2.18. The molecule has 24 heavy (non-hydrogen) atoms. The molecule has 2 aromatic heterocycles. The van der Waals surface area contributed by atoms with E-state index in [9.17, 15) is 0 Å². The van der Waals surface area contributed by atoms with Crippen molar-refractivity contribution < 1.29 is 0 Å². The SMILES string of the molecule is CCNC(=NCc1cnn(C)c1)N(C)Cc1cn(C)nc1C(C)C. The van der Waals surface area contributed by atoms with Crippen LogP contribution in [-0.2, 0) is 27.2 Å². The fourth-order valence-corrected chi connectivity index (χ4v) is 2.68. The Balaban J connectivity index is 2.12. The van der Waals surface area contributed by atoms with E-state index >= 15 is 0 Å². The van der Waals surface area contributed by atoms with Crippen LogP contribution in [-0.4, -0.2) is 44.0 Å². The number of rotatable bonds is 6. The largest absolute Gasteiger partial charge is 0.357 e. The smallest absolute Gasteiger partial charge is 0.194 e. The lowest BCUT2D eigenvalue weighted by Gasteiger charge is -2.22. The molecule has 132 valence electrons. The first-order chi connectivity index (χ1) is 11.4. The van der Waals surface area contributed by atoms with Crippen molar-refractivity contribution in [3.8, 4) is 0 Å². The molecule has 0 fully saturated rings. The lowest BCUT2D eigenvalue weighted by molar-refractivity contribution is 0.473. The summed E-state index contributed by atoms with van der Waals surface area (Å²) in [5.74, 6) is 1.30. The fraction of sp³-hybridized carbons (Fsp3) is 0.588. The average Bonchev–Trinajstić information content (AvgIpc) is 3.09. The van der Waals surface area contributed by atoms with Crippen molar-refractivity contribution in [1.29, 1.82) is 0 Å². The van der Waals surface area contributed by atoms with Crippen LogP contribution in [0.15, 0.2) is 23.6 Å². The van der Waals surface area contributed by atoms with Crippen molar-refractivity contribution in [2.24, 2.45) is 19.1 Å². The van der Waals surface area contributed by atoms with Gasteiger partial charge in [0.1, 0.15) is 0 Å². The van der Waals surface area contributed by atoms with Gasteiger partial charge in [0.2, 0.25) is 0 Å². The Bertz CT molecular complexity index is 681.